The third kappa shape index (κ3) is 2.75. The minimum atomic E-state index is 0.302. The summed E-state index contributed by atoms with van der Waals surface area (Å²) in [6, 6.07) is 8.48. The Morgan fingerprint density at radius 1 is 1.27 bits per heavy atom. The van der Waals surface area contributed by atoms with E-state index in [1.807, 2.05) is 30.2 Å². The lowest BCUT2D eigenvalue weighted by Crippen LogP contribution is -2.01. The molecule has 0 radical (unpaired) electrons. The number of halogens is 1. The molecule has 4 aromatic heterocycles. The first kappa shape index (κ1) is 18.5. The summed E-state index contributed by atoms with van der Waals surface area (Å²) in [6.45, 7) is 1.68. The van der Waals surface area contributed by atoms with Crippen LogP contribution in [0.1, 0.15) is 0 Å². The van der Waals surface area contributed by atoms with Crippen molar-refractivity contribution >= 4 is 63.2 Å². The zero-order chi connectivity index (χ0) is 20.4. The lowest BCUT2D eigenvalue weighted by molar-refractivity contribution is 0.385. The minimum absolute atomic E-state index is 0.302. The molecular formula is C21H18IN5O2S. The third-order valence-electron chi connectivity index (χ3n) is 5.72. The number of hydrogen-bond donors (Lipinski definition) is 0. The molecule has 1 aromatic carbocycles. The van der Waals surface area contributed by atoms with Crippen molar-refractivity contribution in [2.24, 2.45) is 7.05 Å². The summed E-state index contributed by atoms with van der Waals surface area (Å²) in [5, 5.41) is 7.72. The van der Waals surface area contributed by atoms with Gasteiger partial charge in [0.25, 0.3) is 0 Å². The highest BCUT2D eigenvalue weighted by atomic mass is 127. The second-order valence-corrected chi connectivity index (χ2v) is 9.18. The maximum atomic E-state index is 5.52. The van der Waals surface area contributed by atoms with Crippen LogP contribution in [0.5, 0.6) is 5.75 Å². The van der Waals surface area contributed by atoms with Crippen molar-refractivity contribution in [2.75, 3.05) is 13.7 Å². The molecule has 0 bridgehead atoms. The molecule has 30 heavy (non-hydrogen) atoms. The Labute approximate surface area is 188 Å². The van der Waals surface area contributed by atoms with Gasteiger partial charge in [-0.2, -0.15) is 5.10 Å². The van der Waals surface area contributed by atoms with Gasteiger partial charge in [0.15, 0.2) is 5.65 Å². The standard InChI is InChI=1S/C21H18IN5O2S/c1-25-20-12(8-24-25)7-23-21-16(20)6-19(27(21)30-22)17-10-26(9-14-11-29-14)18-4-3-13(28-2)5-15(17)18/h3-8,10,14H,9,11H2,1-2H3. The van der Waals surface area contributed by atoms with Crippen molar-refractivity contribution in [1.82, 2.24) is 23.3 Å². The molecule has 1 unspecified atom stereocenters. The number of hydrogen-bond acceptors (Lipinski definition) is 5. The first-order chi connectivity index (χ1) is 14.7. The molecule has 5 aromatic rings. The van der Waals surface area contributed by atoms with E-state index in [-0.39, 0.29) is 0 Å². The van der Waals surface area contributed by atoms with E-state index in [9.17, 15) is 0 Å². The number of epoxide rings is 1. The fourth-order valence-electron chi connectivity index (χ4n) is 4.20. The number of fused-ring (bicyclic) bond motifs is 4. The molecule has 1 fully saturated rings. The summed E-state index contributed by atoms with van der Waals surface area (Å²) in [6.07, 6.45) is 6.29. The van der Waals surface area contributed by atoms with E-state index in [0.717, 1.165) is 57.5 Å². The van der Waals surface area contributed by atoms with Gasteiger partial charge in [-0.3, -0.25) is 8.65 Å². The first-order valence-corrected chi connectivity index (χ1v) is 12.9. The summed E-state index contributed by atoms with van der Waals surface area (Å²) in [5.41, 5.74) is 5.48. The van der Waals surface area contributed by atoms with E-state index in [4.69, 9.17) is 14.5 Å². The van der Waals surface area contributed by atoms with Crippen molar-refractivity contribution in [3.8, 4) is 17.0 Å². The fraction of sp³-hybridized carbons (Fsp3) is 0.238. The highest BCUT2D eigenvalue weighted by Crippen LogP contribution is 2.40. The third-order valence-corrected chi connectivity index (χ3v) is 7.41. The van der Waals surface area contributed by atoms with Crippen LogP contribution in [0.3, 0.4) is 0 Å². The van der Waals surface area contributed by atoms with Gasteiger partial charge < -0.3 is 14.0 Å². The number of nitrogens with zero attached hydrogens (tertiary/aromatic N) is 5. The van der Waals surface area contributed by atoms with Crippen molar-refractivity contribution in [1.29, 1.82) is 0 Å². The number of benzene rings is 1. The van der Waals surface area contributed by atoms with Crippen molar-refractivity contribution in [3.05, 3.63) is 42.9 Å². The second kappa shape index (κ2) is 6.89. The Morgan fingerprint density at radius 3 is 2.90 bits per heavy atom. The van der Waals surface area contributed by atoms with Crippen LogP contribution in [0.4, 0.5) is 0 Å². The molecule has 1 atom stereocenters. The molecule has 5 heterocycles. The van der Waals surface area contributed by atoms with Gasteiger partial charge >= 0.3 is 0 Å². The summed E-state index contributed by atoms with van der Waals surface area (Å²) in [7, 11) is 5.31. The van der Waals surface area contributed by atoms with Gasteiger partial charge in [0, 0.05) is 77.0 Å². The molecule has 0 amide bonds. The van der Waals surface area contributed by atoms with Gasteiger partial charge in [0.05, 0.1) is 43.8 Å². The van der Waals surface area contributed by atoms with Crippen LogP contribution in [0.25, 0.3) is 44.1 Å². The van der Waals surface area contributed by atoms with E-state index >= 15 is 0 Å². The highest BCUT2D eigenvalue weighted by Gasteiger charge is 2.25. The summed E-state index contributed by atoms with van der Waals surface area (Å²) in [5.74, 6) is 0.848. The van der Waals surface area contributed by atoms with Crippen LogP contribution < -0.4 is 4.74 Å². The Kier molecular flexibility index (Phi) is 4.26. The van der Waals surface area contributed by atoms with Crippen LogP contribution in [-0.2, 0) is 18.3 Å². The maximum Gasteiger partial charge on any atom is 0.153 e. The van der Waals surface area contributed by atoms with Crippen LogP contribution in [0.2, 0.25) is 0 Å². The number of aromatic nitrogens is 5. The summed E-state index contributed by atoms with van der Waals surface area (Å²) < 4.78 is 17.4. The van der Waals surface area contributed by atoms with Crippen molar-refractivity contribution in [3.63, 3.8) is 0 Å². The van der Waals surface area contributed by atoms with Gasteiger partial charge in [0.1, 0.15) is 5.75 Å². The number of aryl methyl sites for hydroxylation is 1. The Balaban J connectivity index is 1.66. The molecule has 1 aliphatic rings. The normalized spacial score (nSPS) is 16.2. The van der Waals surface area contributed by atoms with Gasteiger partial charge in [-0.1, -0.05) is 0 Å². The Bertz CT molecular complexity index is 1430. The van der Waals surface area contributed by atoms with E-state index in [1.165, 1.54) is 5.52 Å². The van der Waals surface area contributed by atoms with Gasteiger partial charge in [-0.25, -0.2) is 4.98 Å². The molecule has 6 rings (SSSR count). The molecular weight excluding hydrogens is 513 g/mol. The Hall–Kier alpha value is -2.24. The average Bonchev–Trinajstić information content (AvgIpc) is 3.23. The SMILES string of the molecule is COc1ccc2c(c1)c(-c1cc3c4c(cnc3n1SI)cnn4C)cn2CC1CO1. The Morgan fingerprint density at radius 2 is 2.13 bits per heavy atom. The van der Waals surface area contributed by atoms with E-state index in [2.05, 4.69) is 59.2 Å². The topological polar surface area (TPSA) is 62.3 Å². The zero-order valence-electron chi connectivity index (χ0n) is 16.4. The first-order valence-electron chi connectivity index (χ1n) is 9.58. The number of pyridine rings is 1. The molecule has 0 spiro atoms. The van der Waals surface area contributed by atoms with Crippen LogP contribution in [-0.4, -0.2) is 43.1 Å². The number of rotatable bonds is 5. The molecule has 0 N–H and O–H groups in total. The van der Waals surface area contributed by atoms with E-state index in [1.54, 1.807) is 16.2 Å². The maximum absolute atomic E-state index is 5.52. The lowest BCUT2D eigenvalue weighted by atomic mass is 10.1. The molecule has 152 valence electrons. The van der Waals surface area contributed by atoms with Crippen LogP contribution in [0.15, 0.2) is 42.9 Å². The second-order valence-electron chi connectivity index (χ2n) is 7.49. The largest absolute Gasteiger partial charge is 0.497 e. The zero-order valence-corrected chi connectivity index (χ0v) is 19.3. The summed E-state index contributed by atoms with van der Waals surface area (Å²) >= 11 is 2.32. The minimum Gasteiger partial charge on any atom is -0.497 e. The predicted octanol–water partition coefficient (Wildman–Crippen LogP) is 4.80. The highest BCUT2D eigenvalue weighted by molar-refractivity contribution is 14.2. The van der Waals surface area contributed by atoms with Crippen LogP contribution in [0, 0.1) is 0 Å². The smallest absolute Gasteiger partial charge is 0.153 e. The molecule has 1 aliphatic heterocycles. The van der Waals surface area contributed by atoms with E-state index < -0.39 is 0 Å². The molecule has 0 aliphatic carbocycles. The lowest BCUT2D eigenvalue weighted by Gasteiger charge is -2.05. The predicted molar refractivity (Wildman–Crippen MR) is 128 cm³/mol. The molecule has 1 saturated heterocycles. The van der Waals surface area contributed by atoms with Crippen molar-refractivity contribution < 1.29 is 9.47 Å². The molecule has 9 heteroatoms. The summed E-state index contributed by atoms with van der Waals surface area (Å²) in [4.78, 5) is 4.75. The van der Waals surface area contributed by atoms with Crippen LogP contribution >= 0.6 is 30.3 Å². The van der Waals surface area contributed by atoms with Gasteiger partial charge in [-0.15, -0.1) is 0 Å². The number of ether oxygens (including phenoxy) is 2. The quantitative estimate of drug-likeness (QED) is 0.241. The van der Waals surface area contributed by atoms with Gasteiger partial charge in [-0.05, 0) is 24.3 Å². The monoisotopic (exact) mass is 531 g/mol. The van der Waals surface area contributed by atoms with E-state index in [0.29, 0.717) is 6.10 Å². The average molecular weight is 531 g/mol. The molecule has 0 saturated carbocycles. The van der Waals surface area contributed by atoms with Crippen molar-refractivity contribution in [2.45, 2.75) is 12.6 Å². The molecule has 7 nitrogen and oxygen atoms in total. The number of methoxy groups -OCH3 is 1. The fourth-order valence-corrected chi connectivity index (χ4v) is 5.83. The van der Waals surface area contributed by atoms with Gasteiger partial charge in [0.2, 0.25) is 0 Å².